The van der Waals surface area contributed by atoms with E-state index in [0.717, 1.165) is 18.5 Å². The number of hydrogen-bond acceptors (Lipinski definition) is 3. The molecule has 2 rings (SSSR count). The van der Waals surface area contributed by atoms with Gasteiger partial charge in [-0.1, -0.05) is 13.8 Å². The van der Waals surface area contributed by atoms with Crippen LogP contribution < -0.4 is 11.1 Å². The summed E-state index contributed by atoms with van der Waals surface area (Å²) < 4.78 is 0. The number of nitrogens with zero attached hydrogens (tertiary/aromatic N) is 1. The lowest BCUT2D eigenvalue weighted by atomic mass is 9.86. The monoisotopic (exact) mass is 253 g/mol. The van der Waals surface area contributed by atoms with Gasteiger partial charge in [-0.15, -0.1) is 0 Å². The van der Waals surface area contributed by atoms with E-state index in [1.165, 1.54) is 58.2 Å². The lowest BCUT2D eigenvalue weighted by Crippen LogP contribution is -2.60. The molecule has 3 heteroatoms. The summed E-state index contributed by atoms with van der Waals surface area (Å²) in [6.07, 6.45) is 7.81. The van der Waals surface area contributed by atoms with E-state index in [4.69, 9.17) is 5.73 Å². The molecular formula is C15H31N3. The molecule has 0 aromatic rings. The first-order valence-corrected chi connectivity index (χ1v) is 7.87. The van der Waals surface area contributed by atoms with Gasteiger partial charge in [0.15, 0.2) is 0 Å². The van der Waals surface area contributed by atoms with Gasteiger partial charge < -0.3 is 16.0 Å². The SMILES string of the molecule is CCCN1CCC(CN)(NC2CCC(C)C2)CC1. The summed E-state index contributed by atoms with van der Waals surface area (Å²) in [5, 5.41) is 3.92. The van der Waals surface area contributed by atoms with Crippen molar-refractivity contribution >= 4 is 0 Å². The van der Waals surface area contributed by atoms with Crippen LogP contribution in [0.3, 0.4) is 0 Å². The van der Waals surface area contributed by atoms with Crippen LogP contribution in [0.4, 0.5) is 0 Å². The van der Waals surface area contributed by atoms with E-state index in [2.05, 4.69) is 24.1 Å². The Bertz CT molecular complexity index is 246. The molecule has 1 aliphatic heterocycles. The highest BCUT2D eigenvalue weighted by Crippen LogP contribution is 2.29. The van der Waals surface area contributed by atoms with Crippen molar-refractivity contribution in [3.63, 3.8) is 0 Å². The van der Waals surface area contributed by atoms with E-state index >= 15 is 0 Å². The van der Waals surface area contributed by atoms with Crippen LogP contribution in [-0.4, -0.2) is 42.7 Å². The third-order valence-corrected chi connectivity index (χ3v) is 4.95. The summed E-state index contributed by atoms with van der Waals surface area (Å²) in [7, 11) is 0. The van der Waals surface area contributed by atoms with Gasteiger partial charge in [0.1, 0.15) is 0 Å². The first kappa shape index (κ1) is 14.3. The van der Waals surface area contributed by atoms with Crippen LogP contribution in [-0.2, 0) is 0 Å². The predicted octanol–water partition coefficient (Wildman–Crippen LogP) is 1.97. The van der Waals surface area contributed by atoms with Crippen molar-refractivity contribution < 1.29 is 0 Å². The van der Waals surface area contributed by atoms with Crippen molar-refractivity contribution in [2.45, 2.75) is 64.0 Å². The lowest BCUT2D eigenvalue weighted by molar-refractivity contribution is 0.129. The highest BCUT2D eigenvalue weighted by molar-refractivity contribution is 4.97. The fourth-order valence-corrected chi connectivity index (χ4v) is 3.70. The summed E-state index contributed by atoms with van der Waals surface area (Å²) in [6.45, 7) is 9.14. The molecule has 0 amide bonds. The standard InChI is InChI=1S/C15H31N3/c1-3-8-18-9-6-15(12-16,7-10-18)17-14-5-4-13(2)11-14/h13-14,17H,3-12,16H2,1-2H3. The van der Waals surface area contributed by atoms with Crippen molar-refractivity contribution in [3.8, 4) is 0 Å². The van der Waals surface area contributed by atoms with Gasteiger partial charge in [-0.25, -0.2) is 0 Å². The summed E-state index contributed by atoms with van der Waals surface area (Å²) in [5.41, 5.74) is 6.32. The lowest BCUT2D eigenvalue weighted by Gasteiger charge is -2.43. The number of nitrogens with two attached hydrogens (primary N) is 1. The predicted molar refractivity (Wildman–Crippen MR) is 77.7 cm³/mol. The largest absolute Gasteiger partial charge is 0.329 e. The van der Waals surface area contributed by atoms with Crippen LogP contribution in [0.1, 0.15) is 52.4 Å². The van der Waals surface area contributed by atoms with Crippen molar-refractivity contribution in [2.24, 2.45) is 11.7 Å². The molecule has 1 saturated heterocycles. The number of piperidine rings is 1. The van der Waals surface area contributed by atoms with Crippen LogP contribution in [0.5, 0.6) is 0 Å². The third-order valence-electron chi connectivity index (χ3n) is 4.95. The van der Waals surface area contributed by atoms with Gasteiger partial charge in [0.2, 0.25) is 0 Å². The quantitative estimate of drug-likeness (QED) is 0.787. The normalized spacial score (nSPS) is 32.8. The van der Waals surface area contributed by atoms with Crippen LogP contribution in [0.2, 0.25) is 0 Å². The second kappa shape index (κ2) is 6.36. The smallest absolute Gasteiger partial charge is 0.0330 e. The summed E-state index contributed by atoms with van der Waals surface area (Å²) in [4.78, 5) is 2.59. The Balaban J connectivity index is 1.84. The average molecular weight is 253 g/mol. The second-order valence-electron chi connectivity index (χ2n) is 6.59. The molecule has 1 aliphatic carbocycles. The van der Waals surface area contributed by atoms with E-state index in [9.17, 15) is 0 Å². The second-order valence-corrected chi connectivity index (χ2v) is 6.59. The fraction of sp³-hybridized carbons (Fsp3) is 1.00. The maximum absolute atomic E-state index is 6.09. The minimum Gasteiger partial charge on any atom is -0.329 e. The van der Waals surface area contributed by atoms with Gasteiger partial charge in [0.25, 0.3) is 0 Å². The fourth-order valence-electron chi connectivity index (χ4n) is 3.70. The summed E-state index contributed by atoms with van der Waals surface area (Å²) in [6, 6.07) is 0.723. The van der Waals surface area contributed by atoms with E-state index in [-0.39, 0.29) is 5.54 Å². The van der Waals surface area contributed by atoms with Gasteiger partial charge in [0, 0.05) is 18.1 Å². The number of likely N-dealkylation sites (tertiary alicyclic amines) is 1. The van der Waals surface area contributed by atoms with Crippen molar-refractivity contribution in [1.82, 2.24) is 10.2 Å². The Morgan fingerprint density at radius 1 is 1.28 bits per heavy atom. The molecule has 0 bridgehead atoms. The van der Waals surface area contributed by atoms with E-state index in [1.807, 2.05) is 0 Å². The molecular weight excluding hydrogens is 222 g/mol. The molecule has 1 heterocycles. The van der Waals surface area contributed by atoms with Crippen LogP contribution in [0.15, 0.2) is 0 Å². The van der Waals surface area contributed by atoms with E-state index in [0.29, 0.717) is 0 Å². The van der Waals surface area contributed by atoms with Gasteiger partial charge in [-0.05, 0) is 64.1 Å². The zero-order valence-corrected chi connectivity index (χ0v) is 12.3. The Morgan fingerprint density at radius 3 is 2.50 bits per heavy atom. The molecule has 18 heavy (non-hydrogen) atoms. The van der Waals surface area contributed by atoms with Crippen LogP contribution in [0, 0.1) is 5.92 Å². The van der Waals surface area contributed by atoms with E-state index in [1.54, 1.807) is 0 Å². The van der Waals surface area contributed by atoms with Crippen LogP contribution >= 0.6 is 0 Å². The molecule has 3 N–H and O–H groups in total. The van der Waals surface area contributed by atoms with Crippen LogP contribution in [0.25, 0.3) is 0 Å². The van der Waals surface area contributed by atoms with Gasteiger partial charge in [-0.3, -0.25) is 0 Å². The Hall–Kier alpha value is -0.120. The topological polar surface area (TPSA) is 41.3 Å². The van der Waals surface area contributed by atoms with Gasteiger partial charge in [-0.2, -0.15) is 0 Å². The van der Waals surface area contributed by atoms with E-state index < -0.39 is 0 Å². The number of nitrogens with one attached hydrogen (secondary N) is 1. The molecule has 0 aromatic carbocycles. The number of rotatable bonds is 5. The molecule has 2 atom stereocenters. The molecule has 0 radical (unpaired) electrons. The zero-order chi connectivity index (χ0) is 13.0. The Morgan fingerprint density at radius 2 is 2.00 bits per heavy atom. The average Bonchev–Trinajstić information content (AvgIpc) is 2.78. The molecule has 0 spiro atoms. The molecule has 106 valence electrons. The first-order chi connectivity index (χ1) is 8.67. The molecule has 2 aliphatic rings. The molecule has 2 unspecified atom stereocenters. The summed E-state index contributed by atoms with van der Waals surface area (Å²) >= 11 is 0. The summed E-state index contributed by atoms with van der Waals surface area (Å²) in [5.74, 6) is 0.900. The Kier molecular flexibility index (Phi) is 5.05. The molecule has 3 nitrogen and oxygen atoms in total. The number of hydrogen-bond donors (Lipinski definition) is 2. The maximum Gasteiger partial charge on any atom is 0.0330 e. The van der Waals surface area contributed by atoms with Crippen molar-refractivity contribution in [2.75, 3.05) is 26.2 Å². The van der Waals surface area contributed by atoms with Gasteiger partial charge in [0.05, 0.1) is 0 Å². The molecule has 1 saturated carbocycles. The zero-order valence-electron chi connectivity index (χ0n) is 12.3. The highest BCUT2D eigenvalue weighted by Gasteiger charge is 2.36. The molecule has 0 aromatic heterocycles. The minimum atomic E-state index is 0.235. The minimum absolute atomic E-state index is 0.235. The van der Waals surface area contributed by atoms with Crippen molar-refractivity contribution in [1.29, 1.82) is 0 Å². The third kappa shape index (κ3) is 3.46. The van der Waals surface area contributed by atoms with Gasteiger partial charge >= 0.3 is 0 Å². The first-order valence-electron chi connectivity index (χ1n) is 7.87. The highest BCUT2D eigenvalue weighted by atomic mass is 15.2. The van der Waals surface area contributed by atoms with Crippen molar-refractivity contribution in [3.05, 3.63) is 0 Å². The maximum atomic E-state index is 6.09. The Labute approximate surface area is 112 Å². The molecule has 2 fully saturated rings.